The number of carbonyl (C=O) groups is 2. The van der Waals surface area contributed by atoms with Crippen LogP contribution in [0.1, 0.15) is 36.7 Å². The fraction of sp³-hybridized carbons (Fsp3) is 0.643. The Morgan fingerprint density at radius 1 is 1.41 bits per heavy atom. The summed E-state index contributed by atoms with van der Waals surface area (Å²) in [6.07, 6.45) is 5.17. The van der Waals surface area contributed by atoms with Crippen LogP contribution in [-0.2, 0) is 4.79 Å². The predicted molar refractivity (Wildman–Crippen MR) is 79.8 cm³/mol. The zero-order valence-electron chi connectivity index (χ0n) is 12.6. The van der Waals surface area contributed by atoms with E-state index in [1.807, 2.05) is 6.92 Å². The van der Waals surface area contributed by atoms with Crippen LogP contribution < -0.4 is 16.0 Å². The molecule has 2 fully saturated rings. The number of aromatic nitrogens is 2. The van der Waals surface area contributed by atoms with Crippen molar-refractivity contribution in [2.75, 3.05) is 13.1 Å². The molecule has 2 amide bonds. The second-order valence-electron chi connectivity index (χ2n) is 5.99. The number of rotatable bonds is 3. The summed E-state index contributed by atoms with van der Waals surface area (Å²) in [5, 5.41) is 9.38. The molecule has 1 aromatic rings. The van der Waals surface area contributed by atoms with E-state index in [0.29, 0.717) is 12.1 Å². The van der Waals surface area contributed by atoms with Crippen molar-refractivity contribution < 1.29 is 9.59 Å². The zero-order chi connectivity index (χ0) is 15.5. The normalized spacial score (nSPS) is 27.4. The van der Waals surface area contributed by atoms with Crippen molar-refractivity contribution in [3.8, 4) is 0 Å². The number of aromatic amines is 1. The molecular formula is C14H22N6O2. The first-order chi connectivity index (χ1) is 10.6. The van der Waals surface area contributed by atoms with Crippen molar-refractivity contribution >= 4 is 11.8 Å². The monoisotopic (exact) mass is 306 g/mol. The molecule has 2 saturated heterocycles. The van der Waals surface area contributed by atoms with Crippen LogP contribution in [0, 0.1) is 0 Å². The molecule has 2 unspecified atom stereocenters. The third-order valence-corrected chi connectivity index (χ3v) is 4.20. The molecule has 0 aliphatic carbocycles. The van der Waals surface area contributed by atoms with E-state index in [1.54, 1.807) is 0 Å². The molecule has 8 heteroatoms. The highest BCUT2D eigenvalue weighted by atomic mass is 16.2. The van der Waals surface area contributed by atoms with Gasteiger partial charge in [0.2, 0.25) is 5.91 Å². The van der Waals surface area contributed by atoms with Gasteiger partial charge in [0.25, 0.3) is 5.91 Å². The maximum atomic E-state index is 12.0. The smallest absolute Gasteiger partial charge is 0.269 e. The van der Waals surface area contributed by atoms with E-state index in [4.69, 9.17) is 0 Å². The SMILES string of the molecule is CC1CC(=O)NC(N2CCC(NC(=O)c3cnc[nH]3)CC2)N1. The summed E-state index contributed by atoms with van der Waals surface area (Å²) in [4.78, 5) is 32.5. The van der Waals surface area contributed by atoms with E-state index in [2.05, 4.69) is 30.8 Å². The van der Waals surface area contributed by atoms with Gasteiger partial charge in [0, 0.05) is 31.6 Å². The maximum Gasteiger partial charge on any atom is 0.269 e. The Labute approximate surface area is 129 Å². The molecule has 2 aliphatic heterocycles. The Balaban J connectivity index is 1.48. The Bertz CT molecular complexity index is 523. The van der Waals surface area contributed by atoms with Gasteiger partial charge in [0.15, 0.2) is 0 Å². The van der Waals surface area contributed by atoms with Gasteiger partial charge >= 0.3 is 0 Å². The maximum absolute atomic E-state index is 12.0. The Morgan fingerprint density at radius 3 is 2.82 bits per heavy atom. The molecule has 0 bridgehead atoms. The highest BCUT2D eigenvalue weighted by molar-refractivity contribution is 5.92. The Morgan fingerprint density at radius 2 is 2.18 bits per heavy atom. The standard InChI is InChI=1S/C14H22N6O2/c1-9-6-12(21)19-14(17-9)20-4-2-10(3-5-20)18-13(22)11-7-15-8-16-11/h7-10,14,17H,2-6H2,1H3,(H,15,16)(H,18,22)(H,19,21). The average Bonchev–Trinajstić information content (AvgIpc) is 3.01. The van der Waals surface area contributed by atoms with Crippen molar-refractivity contribution in [3.63, 3.8) is 0 Å². The molecule has 22 heavy (non-hydrogen) atoms. The zero-order valence-corrected chi connectivity index (χ0v) is 12.6. The summed E-state index contributed by atoms with van der Waals surface area (Å²) in [7, 11) is 0. The van der Waals surface area contributed by atoms with Crippen LogP contribution in [0.3, 0.4) is 0 Å². The topological polar surface area (TPSA) is 102 Å². The number of H-pyrrole nitrogens is 1. The first-order valence-corrected chi connectivity index (χ1v) is 7.70. The molecule has 0 aromatic carbocycles. The molecule has 0 spiro atoms. The molecule has 3 heterocycles. The third-order valence-electron chi connectivity index (χ3n) is 4.20. The minimum Gasteiger partial charge on any atom is -0.348 e. The van der Waals surface area contributed by atoms with Crippen molar-refractivity contribution in [2.24, 2.45) is 0 Å². The molecule has 8 nitrogen and oxygen atoms in total. The van der Waals surface area contributed by atoms with E-state index in [-0.39, 0.29) is 30.2 Å². The number of likely N-dealkylation sites (tertiary alicyclic amines) is 1. The van der Waals surface area contributed by atoms with Crippen LogP contribution in [-0.4, -0.2) is 58.1 Å². The summed E-state index contributed by atoms with van der Waals surface area (Å²) < 4.78 is 0. The Kier molecular flexibility index (Phi) is 4.39. The van der Waals surface area contributed by atoms with Crippen molar-refractivity contribution in [1.82, 2.24) is 30.8 Å². The highest BCUT2D eigenvalue weighted by Gasteiger charge is 2.30. The third kappa shape index (κ3) is 3.45. The van der Waals surface area contributed by atoms with Crippen molar-refractivity contribution in [1.29, 1.82) is 0 Å². The van der Waals surface area contributed by atoms with Crippen LogP contribution in [0.2, 0.25) is 0 Å². The number of nitrogens with one attached hydrogen (secondary N) is 4. The minimum atomic E-state index is -0.117. The van der Waals surface area contributed by atoms with Gasteiger partial charge in [0.05, 0.1) is 12.5 Å². The quantitative estimate of drug-likeness (QED) is 0.596. The van der Waals surface area contributed by atoms with Gasteiger partial charge < -0.3 is 15.6 Å². The van der Waals surface area contributed by atoms with Gasteiger partial charge in [-0.25, -0.2) is 4.98 Å². The summed E-state index contributed by atoms with van der Waals surface area (Å²) in [6.45, 7) is 3.68. The number of nitrogens with zero attached hydrogens (tertiary/aromatic N) is 2. The Hall–Kier alpha value is -1.93. The van der Waals surface area contributed by atoms with Crippen LogP contribution in [0.5, 0.6) is 0 Å². The van der Waals surface area contributed by atoms with Gasteiger partial charge in [0.1, 0.15) is 12.0 Å². The fourth-order valence-corrected chi connectivity index (χ4v) is 3.00. The van der Waals surface area contributed by atoms with Crippen LogP contribution in [0.25, 0.3) is 0 Å². The molecule has 0 saturated carbocycles. The highest BCUT2D eigenvalue weighted by Crippen LogP contribution is 2.14. The molecule has 4 N–H and O–H groups in total. The van der Waals surface area contributed by atoms with Crippen LogP contribution >= 0.6 is 0 Å². The van der Waals surface area contributed by atoms with Gasteiger partial charge in [-0.2, -0.15) is 0 Å². The minimum absolute atomic E-state index is 0.0888. The largest absolute Gasteiger partial charge is 0.348 e. The summed E-state index contributed by atoms with van der Waals surface area (Å²) in [5.41, 5.74) is 0.484. The van der Waals surface area contributed by atoms with Gasteiger partial charge in [-0.1, -0.05) is 0 Å². The second-order valence-corrected chi connectivity index (χ2v) is 5.99. The molecule has 120 valence electrons. The molecule has 2 atom stereocenters. The van der Waals surface area contributed by atoms with Crippen LogP contribution in [0.15, 0.2) is 12.5 Å². The average molecular weight is 306 g/mol. The summed E-state index contributed by atoms with van der Waals surface area (Å²) in [6, 6.07) is 0.348. The van der Waals surface area contributed by atoms with E-state index < -0.39 is 0 Å². The number of piperidine rings is 1. The molecule has 1 aromatic heterocycles. The first-order valence-electron chi connectivity index (χ1n) is 7.70. The van der Waals surface area contributed by atoms with Crippen molar-refractivity contribution in [3.05, 3.63) is 18.2 Å². The van der Waals surface area contributed by atoms with E-state index >= 15 is 0 Å². The molecule has 3 rings (SSSR count). The number of carbonyl (C=O) groups excluding carboxylic acids is 2. The van der Waals surface area contributed by atoms with Crippen molar-refractivity contribution in [2.45, 2.75) is 44.6 Å². The fourth-order valence-electron chi connectivity index (χ4n) is 3.00. The lowest BCUT2D eigenvalue weighted by atomic mass is 10.0. The molecule has 2 aliphatic rings. The number of amides is 2. The van der Waals surface area contributed by atoms with Gasteiger partial charge in [-0.15, -0.1) is 0 Å². The van der Waals surface area contributed by atoms with Crippen LogP contribution in [0.4, 0.5) is 0 Å². The van der Waals surface area contributed by atoms with E-state index in [0.717, 1.165) is 25.9 Å². The summed E-state index contributed by atoms with van der Waals surface area (Å²) in [5.74, 6) is -0.0282. The lowest BCUT2D eigenvalue weighted by molar-refractivity contribution is -0.127. The predicted octanol–water partition coefficient (Wildman–Crippen LogP) is -0.614. The lowest BCUT2D eigenvalue weighted by Crippen LogP contribution is -2.65. The summed E-state index contributed by atoms with van der Waals surface area (Å²) >= 11 is 0. The van der Waals surface area contributed by atoms with E-state index in [1.165, 1.54) is 12.5 Å². The lowest BCUT2D eigenvalue weighted by Gasteiger charge is -2.41. The molecular weight excluding hydrogens is 284 g/mol. The molecule has 0 radical (unpaired) electrons. The number of imidazole rings is 1. The van der Waals surface area contributed by atoms with Gasteiger partial charge in [-0.05, 0) is 19.8 Å². The number of hydrogen-bond donors (Lipinski definition) is 4. The van der Waals surface area contributed by atoms with Gasteiger partial charge in [-0.3, -0.25) is 19.8 Å². The number of hydrogen-bond acceptors (Lipinski definition) is 5. The second kappa shape index (κ2) is 6.45. The first kappa shape index (κ1) is 15.0. The van der Waals surface area contributed by atoms with E-state index in [9.17, 15) is 9.59 Å².